The predicted molar refractivity (Wildman–Crippen MR) is 86.4 cm³/mol. The van der Waals surface area contributed by atoms with Gasteiger partial charge < -0.3 is 10.2 Å². The Morgan fingerprint density at radius 3 is 2.62 bits per heavy atom. The van der Waals surface area contributed by atoms with Gasteiger partial charge in [-0.1, -0.05) is 37.7 Å². The van der Waals surface area contributed by atoms with Gasteiger partial charge in [0, 0.05) is 29.6 Å². The Balaban J connectivity index is 2.30. The molecule has 0 radical (unpaired) electrons. The number of piperazine rings is 1. The normalized spacial score (nSPS) is 21.8. The molecule has 0 amide bonds. The second kappa shape index (κ2) is 6.97. The van der Waals surface area contributed by atoms with Gasteiger partial charge in [0.25, 0.3) is 5.76 Å². The molecule has 1 unspecified atom stereocenters. The largest absolute Gasteiger partial charge is 0.365 e. The fourth-order valence-electron chi connectivity index (χ4n) is 2.95. The van der Waals surface area contributed by atoms with Crippen molar-refractivity contribution in [3.63, 3.8) is 0 Å². The van der Waals surface area contributed by atoms with Gasteiger partial charge in [0.2, 0.25) is 0 Å². The molecular formula is C16H24F2N2S. The van der Waals surface area contributed by atoms with Crippen LogP contribution in [0.2, 0.25) is 0 Å². The SMILES string of the molecule is CCC1(CC)CN(c2ccccc2SC(F)F)C(C)CN1. The zero-order chi connectivity index (χ0) is 15.5. The molecule has 1 aromatic rings. The maximum absolute atomic E-state index is 12.8. The van der Waals surface area contributed by atoms with Crippen LogP contribution in [-0.4, -0.2) is 30.4 Å². The fourth-order valence-corrected chi connectivity index (χ4v) is 3.60. The molecule has 0 saturated carbocycles. The zero-order valence-corrected chi connectivity index (χ0v) is 13.7. The van der Waals surface area contributed by atoms with Gasteiger partial charge in [-0.3, -0.25) is 0 Å². The van der Waals surface area contributed by atoms with Crippen LogP contribution >= 0.6 is 11.8 Å². The first-order valence-electron chi connectivity index (χ1n) is 7.57. The highest BCUT2D eigenvalue weighted by atomic mass is 32.2. The van der Waals surface area contributed by atoms with Crippen molar-refractivity contribution < 1.29 is 8.78 Å². The van der Waals surface area contributed by atoms with Crippen LogP contribution < -0.4 is 10.2 Å². The Kier molecular flexibility index (Phi) is 5.49. The summed E-state index contributed by atoms with van der Waals surface area (Å²) in [6, 6.07) is 7.81. The molecule has 1 heterocycles. The lowest BCUT2D eigenvalue weighted by Gasteiger charge is -2.48. The first kappa shape index (κ1) is 16.6. The number of halogens is 2. The number of para-hydroxylation sites is 1. The van der Waals surface area contributed by atoms with E-state index in [4.69, 9.17) is 0 Å². The number of anilines is 1. The van der Waals surface area contributed by atoms with Crippen LogP contribution in [0.5, 0.6) is 0 Å². The van der Waals surface area contributed by atoms with Crippen LogP contribution in [0.1, 0.15) is 33.6 Å². The Hall–Kier alpha value is -0.810. The number of hydrogen-bond donors (Lipinski definition) is 1. The molecule has 1 N–H and O–H groups in total. The average Bonchev–Trinajstić information content (AvgIpc) is 2.48. The topological polar surface area (TPSA) is 15.3 Å². The van der Waals surface area contributed by atoms with Crippen molar-refractivity contribution >= 4 is 17.4 Å². The van der Waals surface area contributed by atoms with E-state index in [2.05, 4.69) is 31.0 Å². The monoisotopic (exact) mass is 314 g/mol. The summed E-state index contributed by atoms with van der Waals surface area (Å²) in [6.45, 7) is 8.26. The number of nitrogens with one attached hydrogen (secondary N) is 1. The van der Waals surface area contributed by atoms with Gasteiger partial charge in [0.05, 0.1) is 5.69 Å². The first-order chi connectivity index (χ1) is 10.0. The van der Waals surface area contributed by atoms with E-state index in [-0.39, 0.29) is 5.54 Å². The Labute approximate surface area is 130 Å². The molecule has 1 aromatic carbocycles. The standard InChI is InChI=1S/C16H24F2N2S/c1-4-16(5-2)11-20(12(3)10-19-16)13-8-6-7-9-14(13)21-15(17)18/h6-9,12,15,19H,4-5,10-11H2,1-3H3. The number of nitrogens with zero attached hydrogens (tertiary/aromatic N) is 1. The number of rotatable bonds is 5. The summed E-state index contributed by atoms with van der Waals surface area (Å²) in [5.74, 6) is -2.38. The summed E-state index contributed by atoms with van der Waals surface area (Å²) < 4.78 is 25.6. The number of hydrogen-bond acceptors (Lipinski definition) is 3. The molecule has 2 nitrogen and oxygen atoms in total. The van der Waals surface area contributed by atoms with Gasteiger partial charge in [-0.2, -0.15) is 8.78 Å². The van der Waals surface area contributed by atoms with Crippen molar-refractivity contribution in [1.82, 2.24) is 5.32 Å². The van der Waals surface area contributed by atoms with Crippen LogP contribution in [-0.2, 0) is 0 Å². The zero-order valence-electron chi connectivity index (χ0n) is 12.9. The molecule has 0 bridgehead atoms. The van der Waals surface area contributed by atoms with Crippen LogP contribution in [0.25, 0.3) is 0 Å². The van der Waals surface area contributed by atoms with Crippen LogP contribution in [0, 0.1) is 0 Å². The number of benzene rings is 1. The van der Waals surface area contributed by atoms with E-state index in [9.17, 15) is 8.78 Å². The van der Waals surface area contributed by atoms with Crippen LogP contribution in [0.3, 0.4) is 0 Å². The second-order valence-corrected chi connectivity index (χ2v) is 6.72. The molecule has 1 aliphatic rings. The summed E-state index contributed by atoms with van der Waals surface area (Å²) in [4.78, 5) is 2.95. The molecule has 118 valence electrons. The van der Waals surface area contributed by atoms with E-state index >= 15 is 0 Å². The minimum atomic E-state index is -2.38. The van der Waals surface area contributed by atoms with E-state index in [1.54, 1.807) is 6.07 Å². The summed E-state index contributed by atoms with van der Waals surface area (Å²) in [6.07, 6.45) is 2.08. The molecule has 21 heavy (non-hydrogen) atoms. The van der Waals surface area contributed by atoms with E-state index in [1.807, 2.05) is 18.2 Å². The Morgan fingerprint density at radius 2 is 2.00 bits per heavy atom. The van der Waals surface area contributed by atoms with Gasteiger partial charge in [-0.05, 0) is 31.9 Å². The molecule has 1 saturated heterocycles. The number of thioether (sulfide) groups is 1. The highest BCUT2D eigenvalue weighted by Crippen LogP contribution is 2.37. The lowest BCUT2D eigenvalue weighted by molar-refractivity contribution is 0.250. The predicted octanol–water partition coefficient (Wildman–Crippen LogP) is 4.36. The lowest BCUT2D eigenvalue weighted by Crippen LogP contribution is -2.63. The molecule has 1 atom stereocenters. The molecular weight excluding hydrogens is 290 g/mol. The lowest BCUT2D eigenvalue weighted by atomic mass is 9.88. The summed E-state index contributed by atoms with van der Waals surface area (Å²) >= 11 is 0.641. The fraction of sp³-hybridized carbons (Fsp3) is 0.625. The quantitative estimate of drug-likeness (QED) is 0.813. The Morgan fingerprint density at radius 1 is 1.33 bits per heavy atom. The molecule has 1 fully saturated rings. The van der Waals surface area contributed by atoms with Gasteiger partial charge >= 0.3 is 0 Å². The maximum atomic E-state index is 12.8. The highest BCUT2D eigenvalue weighted by Gasteiger charge is 2.35. The number of alkyl halides is 2. The van der Waals surface area contributed by atoms with Gasteiger partial charge in [-0.15, -0.1) is 0 Å². The van der Waals surface area contributed by atoms with Crippen molar-refractivity contribution in [2.45, 2.75) is 55.8 Å². The van der Waals surface area contributed by atoms with Crippen molar-refractivity contribution in [2.24, 2.45) is 0 Å². The summed E-state index contributed by atoms with van der Waals surface area (Å²) in [5, 5.41) is 3.65. The minimum Gasteiger partial charge on any atom is -0.365 e. The third kappa shape index (κ3) is 3.69. The van der Waals surface area contributed by atoms with E-state index in [1.165, 1.54) is 0 Å². The van der Waals surface area contributed by atoms with Crippen LogP contribution in [0.4, 0.5) is 14.5 Å². The average molecular weight is 314 g/mol. The van der Waals surface area contributed by atoms with Gasteiger partial charge in [0.15, 0.2) is 0 Å². The van der Waals surface area contributed by atoms with Crippen molar-refractivity contribution in [3.8, 4) is 0 Å². The minimum absolute atomic E-state index is 0.0785. The van der Waals surface area contributed by atoms with E-state index < -0.39 is 5.76 Å². The second-order valence-electron chi connectivity index (χ2n) is 5.69. The van der Waals surface area contributed by atoms with Crippen LogP contribution in [0.15, 0.2) is 29.2 Å². The van der Waals surface area contributed by atoms with Crippen molar-refractivity contribution in [3.05, 3.63) is 24.3 Å². The Bertz CT molecular complexity index is 463. The summed E-state index contributed by atoms with van der Waals surface area (Å²) in [5.41, 5.74) is 1.01. The smallest absolute Gasteiger partial charge is 0.288 e. The first-order valence-corrected chi connectivity index (χ1v) is 8.45. The van der Waals surface area contributed by atoms with E-state index in [0.29, 0.717) is 22.7 Å². The van der Waals surface area contributed by atoms with Crippen molar-refractivity contribution in [2.75, 3.05) is 18.0 Å². The van der Waals surface area contributed by atoms with Gasteiger partial charge in [-0.25, -0.2) is 0 Å². The highest BCUT2D eigenvalue weighted by molar-refractivity contribution is 7.99. The molecule has 0 aromatic heterocycles. The molecule has 1 aliphatic heterocycles. The third-order valence-electron chi connectivity index (χ3n) is 4.52. The summed E-state index contributed by atoms with van der Waals surface area (Å²) in [7, 11) is 0. The molecule has 2 rings (SSSR count). The van der Waals surface area contributed by atoms with Gasteiger partial charge in [0.1, 0.15) is 0 Å². The molecule has 0 aliphatic carbocycles. The van der Waals surface area contributed by atoms with Crippen molar-refractivity contribution in [1.29, 1.82) is 0 Å². The molecule has 0 spiro atoms. The third-order valence-corrected chi connectivity index (χ3v) is 5.30. The maximum Gasteiger partial charge on any atom is 0.288 e. The molecule has 5 heteroatoms. The van der Waals surface area contributed by atoms with E-state index in [0.717, 1.165) is 31.6 Å².